The van der Waals surface area contributed by atoms with Gasteiger partial charge in [-0.1, -0.05) is 32.0 Å². The summed E-state index contributed by atoms with van der Waals surface area (Å²) in [5, 5.41) is 2.94. The van der Waals surface area contributed by atoms with Crippen molar-refractivity contribution in [2.75, 3.05) is 59.9 Å². The number of rotatable bonds is 23. The molecule has 0 N–H and O–H groups in total. The van der Waals surface area contributed by atoms with Gasteiger partial charge in [0.1, 0.15) is 31.7 Å². The van der Waals surface area contributed by atoms with Crippen molar-refractivity contribution in [1.82, 2.24) is 19.2 Å². The van der Waals surface area contributed by atoms with Crippen molar-refractivity contribution in [3.05, 3.63) is 94.2 Å². The number of aromatic nitrogens is 2. The van der Waals surface area contributed by atoms with Crippen LogP contribution in [-0.2, 0) is 53.3 Å². The second-order valence-electron chi connectivity index (χ2n) is 13.7. The number of thiazole rings is 1. The Balaban J connectivity index is 1.15. The molecule has 1 unspecified atom stereocenters. The van der Waals surface area contributed by atoms with Crippen LogP contribution < -0.4 is 14.2 Å². The standard InChI is InChI=1S/C40H50N4O10S2/c1-29(2)22-44(56(47,48)36-14-15-37-38(21-36)53-28-52-37)23-35(13-10-31-8-11-34(12-9-31)51-24-33-27-55-30(3)42-33)54-40(46)26-50-20-19-49-25-39(45)43(4)18-16-32-7-5-6-17-41-32/h5-9,11-12,14-15,17,21,27,29,35H,10,13,16,18-20,22-26,28H2,1-4H3. The van der Waals surface area contributed by atoms with Gasteiger partial charge in [-0.2, -0.15) is 4.31 Å². The van der Waals surface area contributed by atoms with E-state index in [-0.39, 0.29) is 63.0 Å². The van der Waals surface area contributed by atoms with Gasteiger partial charge < -0.3 is 33.3 Å². The molecule has 2 aromatic heterocycles. The molecule has 0 saturated carbocycles. The summed E-state index contributed by atoms with van der Waals surface area (Å²) in [5.41, 5.74) is 2.72. The molecule has 1 aliphatic heterocycles. The Hall–Kier alpha value is -4.61. The van der Waals surface area contributed by atoms with Crippen LogP contribution in [0, 0.1) is 12.8 Å². The lowest BCUT2D eigenvalue weighted by Gasteiger charge is -2.28. The average molecular weight is 811 g/mol. The molecule has 0 aliphatic carbocycles. The number of pyridine rings is 1. The van der Waals surface area contributed by atoms with E-state index in [0.29, 0.717) is 49.7 Å². The highest BCUT2D eigenvalue weighted by atomic mass is 32.2. The first-order valence-electron chi connectivity index (χ1n) is 18.5. The molecule has 1 atom stereocenters. The van der Waals surface area contributed by atoms with E-state index >= 15 is 0 Å². The maximum absolute atomic E-state index is 14.0. The lowest BCUT2D eigenvalue weighted by atomic mass is 10.1. The van der Waals surface area contributed by atoms with Gasteiger partial charge in [0.05, 0.1) is 35.4 Å². The fourth-order valence-corrected chi connectivity index (χ4v) is 7.96. The molecule has 56 heavy (non-hydrogen) atoms. The molecule has 3 heterocycles. The number of nitrogens with zero attached hydrogens (tertiary/aromatic N) is 4. The van der Waals surface area contributed by atoms with E-state index in [4.69, 9.17) is 28.4 Å². The Morgan fingerprint density at radius 1 is 0.929 bits per heavy atom. The Labute approximate surface area is 332 Å². The number of hydrogen-bond acceptors (Lipinski definition) is 13. The molecule has 5 rings (SSSR count). The van der Waals surface area contributed by atoms with Crippen molar-refractivity contribution < 1.29 is 46.4 Å². The minimum absolute atomic E-state index is 0.0160. The predicted molar refractivity (Wildman–Crippen MR) is 209 cm³/mol. The minimum Gasteiger partial charge on any atom is -0.487 e. The van der Waals surface area contributed by atoms with Gasteiger partial charge in [-0.05, 0) is 67.6 Å². The van der Waals surface area contributed by atoms with E-state index in [1.807, 2.05) is 68.6 Å². The monoisotopic (exact) mass is 810 g/mol. The molecule has 16 heteroatoms. The molecule has 1 aliphatic rings. The molecule has 4 aromatic rings. The van der Waals surface area contributed by atoms with Crippen molar-refractivity contribution in [1.29, 1.82) is 0 Å². The number of ether oxygens (including phenoxy) is 6. The van der Waals surface area contributed by atoms with E-state index in [9.17, 15) is 18.0 Å². The molecule has 2 aromatic carbocycles. The van der Waals surface area contributed by atoms with Crippen LogP contribution in [-0.4, -0.2) is 105 Å². The van der Waals surface area contributed by atoms with E-state index in [2.05, 4.69) is 9.97 Å². The van der Waals surface area contributed by atoms with Crippen LogP contribution in [0.25, 0.3) is 0 Å². The molecule has 0 radical (unpaired) electrons. The van der Waals surface area contributed by atoms with Crippen LogP contribution in [0.3, 0.4) is 0 Å². The molecule has 1 amide bonds. The molecule has 0 bridgehead atoms. The molecule has 0 fully saturated rings. The Morgan fingerprint density at radius 3 is 2.41 bits per heavy atom. The van der Waals surface area contributed by atoms with Gasteiger partial charge in [-0.25, -0.2) is 18.2 Å². The second kappa shape index (κ2) is 21.1. The number of esters is 1. The van der Waals surface area contributed by atoms with E-state index in [1.165, 1.54) is 16.4 Å². The van der Waals surface area contributed by atoms with Crippen LogP contribution in [0.5, 0.6) is 17.2 Å². The van der Waals surface area contributed by atoms with Gasteiger partial charge in [0.25, 0.3) is 0 Å². The van der Waals surface area contributed by atoms with Crippen molar-refractivity contribution in [2.24, 2.45) is 5.92 Å². The van der Waals surface area contributed by atoms with Crippen LogP contribution in [0.4, 0.5) is 0 Å². The number of sulfonamides is 1. The number of benzene rings is 2. The van der Waals surface area contributed by atoms with E-state index < -0.39 is 22.1 Å². The van der Waals surface area contributed by atoms with Crippen LogP contribution >= 0.6 is 11.3 Å². The summed E-state index contributed by atoms with van der Waals surface area (Å²) in [6, 6.07) is 17.8. The normalized spacial score (nSPS) is 12.9. The number of hydrogen-bond donors (Lipinski definition) is 0. The zero-order valence-corrected chi connectivity index (χ0v) is 33.9. The second-order valence-corrected chi connectivity index (χ2v) is 16.7. The molecular formula is C40H50N4O10S2. The molecule has 0 spiro atoms. The van der Waals surface area contributed by atoms with E-state index in [1.54, 1.807) is 35.5 Å². The first-order chi connectivity index (χ1) is 27.0. The SMILES string of the molecule is Cc1nc(COc2ccc(CCC(CN(CC(C)C)S(=O)(=O)c3ccc4c(c3)OCO4)OC(=O)COCCOCC(=O)N(C)CCc3ccccn3)cc2)cs1. The summed E-state index contributed by atoms with van der Waals surface area (Å²) in [7, 11) is -2.32. The summed E-state index contributed by atoms with van der Waals surface area (Å²) in [6.45, 7) is 6.44. The lowest BCUT2D eigenvalue weighted by molar-refractivity contribution is -0.156. The maximum Gasteiger partial charge on any atom is 0.332 e. The quantitative estimate of drug-likeness (QED) is 0.0725. The number of aryl methyl sites for hydroxylation is 2. The predicted octanol–water partition coefficient (Wildman–Crippen LogP) is 5.08. The van der Waals surface area contributed by atoms with Gasteiger partial charge in [0.15, 0.2) is 11.5 Å². The minimum atomic E-state index is -4.02. The van der Waals surface area contributed by atoms with Crippen LogP contribution in [0.15, 0.2) is 77.1 Å². The topological polar surface area (TPSA) is 156 Å². The van der Waals surface area contributed by atoms with Gasteiger partial charge in [0, 0.05) is 49.9 Å². The van der Waals surface area contributed by atoms with Crippen LogP contribution in [0.1, 0.15) is 42.2 Å². The van der Waals surface area contributed by atoms with Gasteiger partial charge in [-0.15, -0.1) is 11.3 Å². The summed E-state index contributed by atoms with van der Waals surface area (Å²) in [4.78, 5) is 35.9. The largest absolute Gasteiger partial charge is 0.487 e. The average Bonchev–Trinajstić information content (AvgIpc) is 3.85. The van der Waals surface area contributed by atoms with Crippen molar-refractivity contribution in [3.8, 4) is 17.2 Å². The number of likely N-dealkylation sites (N-methyl/N-ethyl adjacent to an activating group) is 1. The number of fused-ring (bicyclic) bond motifs is 1. The number of amides is 1. The summed E-state index contributed by atoms with van der Waals surface area (Å²) < 4.78 is 63.0. The fourth-order valence-electron chi connectivity index (χ4n) is 5.71. The van der Waals surface area contributed by atoms with Crippen molar-refractivity contribution in [3.63, 3.8) is 0 Å². The Kier molecular flexibility index (Phi) is 16.0. The lowest BCUT2D eigenvalue weighted by Crippen LogP contribution is -2.41. The number of carbonyl (C=O) groups is 2. The molecular weight excluding hydrogens is 761 g/mol. The highest BCUT2D eigenvalue weighted by Crippen LogP contribution is 2.35. The maximum atomic E-state index is 14.0. The smallest absolute Gasteiger partial charge is 0.332 e. The Morgan fingerprint density at radius 2 is 1.70 bits per heavy atom. The zero-order valence-electron chi connectivity index (χ0n) is 32.3. The van der Waals surface area contributed by atoms with Crippen LogP contribution in [0.2, 0.25) is 0 Å². The van der Waals surface area contributed by atoms with Crippen molar-refractivity contribution >= 4 is 33.2 Å². The third kappa shape index (κ3) is 13.3. The molecule has 302 valence electrons. The first-order valence-corrected chi connectivity index (χ1v) is 20.8. The molecule has 14 nitrogen and oxygen atoms in total. The number of carbonyl (C=O) groups excluding carboxylic acids is 2. The Bertz CT molecular complexity index is 1960. The molecule has 0 saturated heterocycles. The zero-order chi connectivity index (χ0) is 39.9. The van der Waals surface area contributed by atoms with Crippen molar-refractivity contribution in [2.45, 2.75) is 57.6 Å². The third-order valence-corrected chi connectivity index (χ3v) is 11.3. The van der Waals surface area contributed by atoms with E-state index in [0.717, 1.165) is 22.0 Å². The van der Waals surface area contributed by atoms with Gasteiger partial charge >= 0.3 is 5.97 Å². The van der Waals surface area contributed by atoms with Gasteiger partial charge in [-0.3, -0.25) is 9.78 Å². The summed E-state index contributed by atoms with van der Waals surface area (Å²) >= 11 is 1.57. The highest BCUT2D eigenvalue weighted by molar-refractivity contribution is 7.89. The van der Waals surface area contributed by atoms with Gasteiger partial charge in [0.2, 0.25) is 22.7 Å². The highest BCUT2D eigenvalue weighted by Gasteiger charge is 2.31. The summed E-state index contributed by atoms with van der Waals surface area (Å²) in [6.07, 6.45) is 2.39. The first kappa shape index (κ1) is 42.5. The summed E-state index contributed by atoms with van der Waals surface area (Å²) in [5.74, 6) is 0.668. The fraction of sp³-hybridized carbons (Fsp3) is 0.450. The third-order valence-electron chi connectivity index (χ3n) is 8.66.